The predicted molar refractivity (Wildman–Crippen MR) is 123 cm³/mol. The zero-order valence-electron chi connectivity index (χ0n) is 17.2. The minimum Gasteiger partial charge on any atom is -0.294 e. The first-order valence-electron chi connectivity index (χ1n) is 9.97. The van der Waals surface area contributed by atoms with Gasteiger partial charge < -0.3 is 0 Å². The number of Topliss-reactive ketones (excluding diaryl/α,β-unsaturated/α-hetero) is 2. The smallest absolute Gasteiger partial charge is 0.170 e. The third-order valence-electron chi connectivity index (χ3n) is 4.86. The van der Waals surface area contributed by atoms with Crippen LogP contribution < -0.4 is 0 Å². The molecule has 2 aromatic heterocycles. The van der Waals surface area contributed by atoms with Crippen molar-refractivity contribution in [1.82, 2.24) is 9.97 Å². The van der Waals surface area contributed by atoms with Gasteiger partial charge in [0.25, 0.3) is 0 Å². The zero-order chi connectivity index (χ0) is 21.5. The molecule has 157 valence electrons. The van der Waals surface area contributed by atoms with Gasteiger partial charge in [0, 0.05) is 83.7 Å². The first-order valence-corrected chi connectivity index (χ1v) is 9.97. The molecule has 0 fully saturated rings. The predicted octanol–water partition coefficient (Wildman–Crippen LogP) is 5.93. The molecule has 0 saturated carbocycles. The number of rotatable bonds is 4. The number of aromatic nitrogens is 2. The van der Waals surface area contributed by atoms with Crippen molar-refractivity contribution in [2.75, 3.05) is 0 Å². The molecule has 5 aromatic rings. The van der Waals surface area contributed by atoms with E-state index >= 15 is 0 Å². The van der Waals surface area contributed by atoms with Gasteiger partial charge in [-0.3, -0.25) is 19.6 Å². The summed E-state index contributed by atoms with van der Waals surface area (Å²) in [6.07, 6.45) is 3.53. The summed E-state index contributed by atoms with van der Waals surface area (Å²) < 4.78 is 0. The molecule has 2 heterocycles. The number of benzene rings is 3. The van der Waals surface area contributed by atoms with Crippen LogP contribution >= 0.6 is 0 Å². The molecule has 0 aliphatic rings. The molecule has 4 nitrogen and oxygen atoms in total. The first kappa shape index (κ1) is 24.1. The fraction of sp³-hybridized carbons (Fsp3) is 0.0370. The van der Waals surface area contributed by atoms with E-state index in [1.54, 1.807) is 60.9 Å². The van der Waals surface area contributed by atoms with Gasteiger partial charge in [0.1, 0.15) is 0 Å². The maximum absolute atomic E-state index is 11.8. The summed E-state index contributed by atoms with van der Waals surface area (Å²) in [7, 11) is 0. The van der Waals surface area contributed by atoms with E-state index in [9.17, 15) is 9.59 Å². The Morgan fingerprint density at radius 1 is 0.531 bits per heavy atom. The Hall–Kier alpha value is -2.60. The summed E-state index contributed by atoms with van der Waals surface area (Å²) in [4.78, 5) is 32.3. The van der Waals surface area contributed by atoms with E-state index in [4.69, 9.17) is 0 Å². The third kappa shape index (κ3) is 6.01. The number of nitrogens with zero attached hydrogens (tertiary/aromatic N) is 2. The van der Waals surface area contributed by atoms with Gasteiger partial charge in [-0.1, -0.05) is 84.9 Å². The van der Waals surface area contributed by atoms with Crippen LogP contribution in [0.25, 0.3) is 21.8 Å². The van der Waals surface area contributed by atoms with Gasteiger partial charge in [-0.15, -0.1) is 0 Å². The molecular weight excluding hydrogens is 536 g/mol. The number of hydrogen-bond acceptors (Lipinski definition) is 4. The second-order valence-corrected chi connectivity index (χ2v) is 6.97. The molecule has 0 aliphatic carbocycles. The van der Waals surface area contributed by atoms with Gasteiger partial charge in [0.2, 0.25) is 0 Å². The van der Waals surface area contributed by atoms with Crippen molar-refractivity contribution in [3.8, 4) is 0 Å². The van der Waals surface area contributed by atoms with E-state index < -0.39 is 0 Å². The molecule has 0 spiro atoms. The Kier molecular flexibility index (Phi) is 8.92. The molecule has 5 heteroatoms. The number of hydrogen-bond donors (Lipinski definition) is 0. The van der Waals surface area contributed by atoms with E-state index in [0.717, 1.165) is 21.8 Å². The normalized spacial score (nSPS) is 10.0. The SMILES string of the molecule is O=C(CC(=O)c1ccccc1)c1ccccc1.[Eu].c1cnc2c(c1)ccc1cccnc12. The average Bonchev–Trinajstić information content (AvgIpc) is 2.85. The van der Waals surface area contributed by atoms with Crippen LogP contribution in [0.15, 0.2) is 109 Å². The van der Waals surface area contributed by atoms with Crippen molar-refractivity contribution < 1.29 is 59.0 Å². The molecule has 0 aliphatic heterocycles. The number of ketones is 2. The van der Waals surface area contributed by atoms with Crippen molar-refractivity contribution in [3.05, 3.63) is 121 Å². The van der Waals surface area contributed by atoms with Crippen LogP contribution in [-0.4, -0.2) is 21.5 Å². The van der Waals surface area contributed by atoms with Gasteiger partial charge >= 0.3 is 0 Å². The summed E-state index contributed by atoms with van der Waals surface area (Å²) in [6, 6.07) is 29.9. The minimum atomic E-state index is -0.139. The van der Waals surface area contributed by atoms with Gasteiger partial charge in [-0.05, 0) is 12.1 Å². The molecule has 32 heavy (non-hydrogen) atoms. The second-order valence-electron chi connectivity index (χ2n) is 6.97. The van der Waals surface area contributed by atoms with E-state index in [2.05, 4.69) is 34.2 Å². The number of fused-ring (bicyclic) bond motifs is 3. The summed E-state index contributed by atoms with van der Waals surface area (Å²) in [5.41, 5.74) is 3.12. The molecule has 0 amide bonds. The van der Waals surface area contributed by atoms with Crippen LogP contribution in [0.1, 0.15) is 27.1 Å². The van der Waals surface area contributed by atoms with Crippen LogP contribution in [0.5, 0.6) is 0 Å². The van der Waals surface area contributed by atoms with Gasteiger partial charge in [0.15, 0.2) is 11.6 Å². The van der Waals surface area contributed by atoms with Crippen LogP contribution in [0.2, 0.25) is 0 Å². The van der Waals surface area contributed by atoms with Crippen LogP contribution in [-0.2, 0) is 0 Å². The van der Waals surface area contributed by atoms with Crippen LogP contribution in [0.3, 0.4) is 0 Å². The second kappa shape index (κ2) is 11.9. The average molecular weight is 556 g/mol. The largest absolute Gasteiger partial charge is 0.294 e. The number of carbonyl (C=O) groups is 2. The van der Waals surface area contributed by atoms with E-state index in [1.807, 2.05) is 24.3 Å². The van der Waals surface area contributed by atoms with E-state index in [0.29, 0.717) is 11.1 Å². The van der Waals surface area contributed by atoms with Crippen molar-refractivity contribution in [2.45, 2.75) is 6.42 Å². The molecule has 0 saturated heterocycles. The number of carbonyl (C=O) groups excluding carboxylic acids is 2. The van der Waals surface area contributed by atoms with Gasteiger partial charge in [-0.25, -0.2) is 0 Å². The summed E-state index contributed by atoms with van der Waals surface area (Å²) in [6.45, 7) is 0. The van der Waals surface area contributed by atoms with Gasteiger partial charge in [0.05, 0.1) is 17.5 Å². The Morgan fingerprint density at radius 3 is 1.34 bits per heavy atom. The van der Waals surface area contributed by atoms with Gasteiger partial charge in [-0.2, -0.15) is 0 Å². The summed E-state index contributed by atoms with van der Waals surface area (Å²) in [5, 5.41) is 2.28. The molecule has 0 unspecified atom stereocenters. The fourth-order valence-electron chi connectivity index (χ4n) is 3.28. The molecule has 0 N–H and O–H groups in total. The van der Waals surface area contributed by atoms with Crippen LogP contribution in [0, 0.1) is 49.4 Å². The standard InChI is InChI=1S/C15H12O2.C12H8N2.Eu/c16-14(12-7-3-1-4-8-12)11-15(17)13-9-5-2-6-10-13;1-3-9-5-6-10-4-2-8-14-12(10)11(9)13-7-1;/h1-10H,11H2;1-8H;. The summed E-state index contributed by atoms with van der Waals surface area (Å²) in [5.74, 6) is -0.279. The molecule has 0 atom stereocenters. The summed E-state index contributed by atoms with van der Waals surface area (Å²) >= 11 is 0. The quantitative estimate of drug-likeness (QED) is 0.157. The number of pyridine rings is 2. The Labute approximate surface area is 227 Å². The maximum atomic E-state index is 11.8. The molecule has 0 bridgehead atoms. The minimum absolute atomic E-state index is 0. The maximum Gasteiger partial charge on any atom is 0.170 e. The monoisotopic (exact) mass is 557 g/mol. The Morgan fingerprint density at radius 2 is 0.938 bits per heavy atom. The molecule has 1 radical (unpaired) electrons. The van der Waals surface area contributed by atoms with Crippen molar-refractivity contribution >= 4 is 33.4 Å². The molecule has 3 aromatic carbocycles. The zero-order valence-corrected chi connectivity index (χ0v) is 19.6. The Balaban J connectivity index is 0.000000178. The van der Waals surface area contributed by atoms with Crippen molar-refractivity contribution in [2.24, 2.45) is 0 Å². The van der Waals surface area contributed by atoms with Crippen LogP contribution in [0.4, 0.5) is 0 Å². The molecular formula is C27H20EuN2O2. The van der Waals surface area contributed by atoms with Crippen molar-refractivity contribution in [3.63, 3.8) is 0 Å². The Bertz CT molecular complexity index is 1240. The third-order valence-corrected chi connectivity index (χ3v) is 4.86. The first-order chi connectivity index (χ1) is 15.2. The fourth-order valence-corrected chi connectivity index (χ4v) is 3.28. The molecule has 5 rings (SSSR count). The topological polar surface area (TPSA) is 59.9 Å². The van der Waals surface area contributed by atoms with E-state index in [1.165, 1.54) is 0 Å². The van der Waals surface area contributed by atoms with E-state index in [-0.39, 0.29) is 67.4 Å². The van der Waals surface area contributed by atoms with Crippen molar-refractivity contribution in [1.29, 1.82) is 0 Å².